The first-order valence-corrected chi connectivity index (χ1v) is 6.21. The highest BCUT2D eigenvalue weighted by Gasteiger charge is 2.33. The average molecular weight is 249 g/mol. The van der Waals surface area contributed by atoms with Gasteiger partial charge in [-0.25, -0.2) is 0 Å². The summed E-state index contributed by atoms with van der Waals surface area (Å²) in [5, 5.41) is 0. The number of hydrogen-bond donors (Lipinski definition) is 1. The van der Waals surface area contributed by atoms with Gasteiger partial charge in [0.25, 0.3) is 5.91 Å². The minimum atomic E-state index is -0.0156. The third-order valence-electron chi connectivity index (χ3n) is 3.06. The van der Waals surface area contributed by atoms with Crippen molar-refractivity contribution in [1.29, 1.82) is 0 Å². The summed E-state index contributed by atoms with van der Waals surface area (Å²) in [6, 6.07) is 3.96. The summed E-state index contributed by atoms with van der Waals surface area (Å²) < 4.78 is 5.04. The summed E-state index contributed by atoms with van der Waals surface area (Å²) in [6.07, 6.45) is 3.82. The summed E-state index contributed by atoms with van der Waals surface area (Å²) in [5.74, 6) is -0.0156. The molecule has 0 saturated heterocycles. The Hall–Kier alpha value is -1.46. The van der Waals surface area contributed by atoms with Crippen LogP contribution in [0.25, 0.3) is 0 Å². The molecule has 0 spiro atoms. The predicted molar refractivity (Wildman–Crippen MR) is 68.1 cm³/mol. The van der Waals surface area contributed by atoms with Gasteiger partial charge >= 0.3 is 0 Å². The number of amides is 1. The lowest BCUT2D eigenvalue weighted by molar-refractivity contribution is 0.0674. The molecule has 1 aromatic heterocycles. The number of methoxy groups -OCH3 is 1. The third-order valence-corrected chi connectivity index (χ3v) is 3.06. The molecule has 1 amide bonds. The maximum atomic E-state index is 12.3. The maximum absolute atomic E-state index is 12.3. The lowest BCUT2D eigenvalue weighted by Crippen LogP contribution is -2.36. The van der Waals surface area contributed by atoms with E-state index in [1.807, 2.05) is 11.0 Å². The van der Waals surface area contributed by atoms with Crippen molar-refractivity contribution in [2.75, 3.05) is 20.3 Å². The van der Waals surface area contributed by atoms with Crippen molar-refractivity contribution >= 4 is 5.91 Å². The van der Waals surface area contributed by atoms with Gasteiger partial charge in [-0.05, 0) is 24.5 Å². The van der Waals surface area contributed by atoms with Crippen molar-refractivity contribution < 1.29 is 9.53 Å². The van der Waals surface area contributed by atoms with Crippen LogP contribution in [-0.2, 0) is 11.3 Å². The predicted octanol–water partition coefficient (Wildman–Crippen LogP) is 0.791. The van der Waals surface area contributed by atoms with Gasteiger partial charge in [-0.1, -0.05) is 6.07 Å². The van der Waals surface area contributed by atoms with Crippen molar-refractivity contribution in [3.8, 4) is 0 Å². The largest absolute Gasteiger partial charge is 0.383 e. The second-order valence-electron chi connectivity index (χ2n) is 4.48. The number of aromatic nitrogens is 1. The molecule has 1 aliphatic rings. The summed E-state index contributed by atoms with van der Waals surface area (Å²) in [5.41, 5.74) is 6.92. The second-order valence-corrected chi connectivity index (χ2v) is 4.48. The Kier molecular flexibility index (Phi) is 4.28. The number of ether oxygens (including phenoxy) is 1. The molecule has 0 aromatic carbocycles. The van der Waals surface area contributed by atoms with E-state index in [1.165, 1.54) is 0 Å². The number of carbonyl (C=O) groups excluding carboxylic acids is 1. The molecule has 1 saturated carbocycles. The van der Waals surface area contributed by atoms with Crippen molar-refractivity contribution in [3.63, 3.8) is 0 Å². The highest BCUT2D eigenvalue weighted by molar-refractivity contribution is 5.92. The standard InChI is InChI=1S/C13H19N3O2/c1-18-7-6-16(11-3-4-11)13(17)12-5-2-10(8-14)9-15-12/h2,5,9,11H,3-4,6-8,14H2,1H3. The third kappa shape index (κ3) is 3.05. The Morgan fingerprint density at radius 3 is 2.83 bits per heavy atom. The molecule has 0 aliphatic heterocycles. The van der Waals surface area contributed by atoms with Crippen LogP contribution in [-0.4, -0.2) is 42.1 Å². The van der Waals surface area contributed by atoms with Gasteiger partial charge in [-0.2, -0.15) is 0 Å². The topological polar surface area (TPSA) is 68.5 Å². The molecule has 5 nitrogen and oxygen atoms in total. The van der Waals surface area contributed by atoms with Crippen molar-refractivity contribution in [2.45, 2.75) is 25.4 Å². The molecule has 1 fully saturated rings. The molecular weight excluding hydrogens is 230 g/mol. The van der Waals surface area contributed by atoms with Crippen LogP contribution in [0.2, 0.25) is 0 Å². The summed E-state index contributed by atoms with van der Waals surface area (Å²) in [4.78, 5) is 18.3. The SMILES string of the molecule is COCCN(C(=O)c1ccc(CN)cn1)C1CC1. The van der Waals surface area contributed by atoms with E-state index in [-0.39, 0.29) is 5.91 Å². The molecule has 0 bridgehead atoms. The van der Waals surface area contributed by atoms with E-state index in [2.05, 4.69) is 4.98 Å². The molecule has 1 aromatic rings. The van der Waals surface area contributed by atoms with E-state index >= 15 is 0 Å². The molecule has 1 aliphatic carbocycles. The highest BCUT2D eigenvalue weighted by atomic mass is 16.5. The molecule has 0 unspecified atom stereocenters. The molecule has 5 heteroatoms. The van der Waals surface area contributed by atoms with Crippen molar-refractivity contribution in [3.05, 3.63) is 29.6 Å². The molecule has 98 valence electrons. The van der Waals surface area contributed by atoms with E-state index < -0.39 is 0 Å². The van der Waals surface area contributed by atoms with E-state index in [4.69, 9.17) is 10.5 Å². The van der Waals surface area contributed by atoms with Gasteiger partial charge in [0, 0.05) is 32.4 Å². The summed E-state index contributed by atoms with van der Waals surface area (Å²) >= 11 is 0. The minimum absolute atomic E-state index is 0.0156. The van der Waals surface area contributed by atoms with Gasteiger partial charge in [0.1, 0.15) is 5.69 Å². The molecule has 2 N–H and O–H groups in total. The van der Waals surface area contributed by atoms with E-state index in [0.29, 0.717) is 31.4 Å². The van der Waals surface area contributed by atoms with Crippen LogP contribution in [0.5, 0.6) is 0 Å². The quantitative estimate of drug-likeness (QED) is 0.809. The Morgan fingerprint density at radius 2 is 2.33 bits per heavy atom. The fourth-order valence-electron chi connectivity index (χ4n) is 1.84. The number of rotatable bonds is 6. The molecule has 0 atom stereocenters. The number of nitrogens with zero attached hydrogens (tertiary/aromatic N) is 2. The highest BCUT2D eigenvalue weighted by Crippen LogP contribution is 2.27. The molecule has 2 rings (SSSR count). The van der Waals surface area contributed by atoms with Crippen molar-refractivity contribution in [2.24, 2.45) is 5.73 Å². The van der Waals surface area contributed by atoms with Crippen LogP contribution < -0.4 is 5.73 Å². The van der Waals surface area contributed by atoms with Gasteiger partial charge in [-0.3, -0.25) is 9.78 Å². The molecular formula is C13H19N3O2. The Labute approximate surface area is 107 Å². The monoisotopic (exact) mass is 249 g/mol. The Morgan fingerprint density at radius 1 is 1.56 bits per heavy atom. The van der Waals surface area contributed by atoms with Crippen LogP contribution in [0.15, 0.2) is 18.3 Å². The zero-order valence-corrected chi connectivity index (χ0v) is 10.6. The fraction of sp³-hybridized carbons (Fsp3) is 0.538. The number of hydrogen-bond acceptors (Lipinski definition) is 4. The smallest absolute Gasteiger partial charge is 0.272 e. The van der Waals surface area contributed by atoms with Crippen molar-refractivity contribution in [1.82, 2.24) is 9.88 Å². The van der Waals surface area contributed by atoms with Gasteiger partial charge in [-0.15, -0.1) is 0 Å². The minimum Gasteiger partial charge on any atom is -0.383 e. The first kappa shape index (κ1) is 13.0. The number of pyridine rings is 1. The average Bonchev–Trinajstić information content (AvgIpc) is 3.24. The summed E-state index contributed by atoms with van der Waals surface area (Å²) in [6.45, 7) is 1.63. The molecule has 1 heterocycles. The van der Waals surface area contributed by atoms with Gasteiger partial charge < -0.3 is 15.4 Å². The van der Waals surface area contributed by atoms with Crippen LogP contribution in [0.4, 0.5) is 0 Å². The zero-order valence-electron chi connectivity index (χ0n) is 10.6. The number of carbonyl (C=O) groups is 1. The zero-order chi connectivity index (χ0) is 13.0. The summed E-state index contributed by atoms with van der Waals surface area (Å²) in [7, 11) is 1.64. The van der Waals surface area contributed by atoms with Crippen LogP contribution in [0.3, 0.4) is 0 Å². The first-order chi connectivity index (χ1) is 8.76. The van der Waals surface area contributed by atoms with E-state index in [1.54, 1.807) is 19.4 Å². The van der Waals surface area contributed by atoms with Gasteiger partial charge in [0.05, 0.1) is 6.61 Å². The Bertz CT molecular complexity index is 401. The maximum Gasteiger partial charge on any atom is 0.272 e. The fourth-order valence-corrected chi connectivity index (χ4v) is 1.84. The first-order valence-electron chi connectivity index (χ1n) is 6.21. The molecule has 18 heavy (non-hydrogen) atoms. The lowest BCUT2D eigenvalue weighted by Gasteiger charge is -2.21. The van der Waals surface area contributed by atoms with Crippen LogP contribution in [0.1, 0.15) is 28.9 Å². The van der Waals surface area contributed by atoms with Crippen LogP contribution in [0, 0.1) is 0 Å². The Balaban J connectivity index is 2.06. The normalized spacial score (nSPS) is 14.6. The second kappa shape index (κ2) is 5.93. The van der Waals surface area contributed by atoms with E-state index in [9.17, 15) is 4.79 Å². The van der Waals surface area contributed by atoms with E-state index in [0.717, 1.165) is 18.4 Å². The number of nitrogens with two attached hydrogens (primary N) is 1. The lowest BCUT2D eigenvalue weighted by atomic mass is 10.2. The van der Waals surface area contributed by atoms with Gasteiger partial charge in [0.2, 0.25) is 0 Å². The van der Waals surface area contributed by atoms with Crippen LogP contribution >= 0.6 is 0 Å². The molecule has 0 radical (unpaired) electrons. The van der Waals surface area contributed by atoms with Gasteiger partial charge in [0.15, 0.2) is 0 Å².